The molecule has 0 aliphatic rings. The molecule has 0 atom stereocenters. The topological polar surface area (TPSA) is 98.2 Å². The molecule has 9 heteroatoms. The average molecular weight is 442 g/mol. The van der Waals surface area contributed by atoms with Crippen molar-refractivity contribution in [3.63, 3.8) is 0 Å². The molecule has 0 unspecified atom stereocenters. The summed E-state index contributed by atoms with van der Waals surface area (Å²) in [6.45, 7) is 2.63. The van der Waals surface area contributed by atoms with Crippen LogP contribution in [-0.4, -0.2) is 40.5 Å². The molecule has 0 radical (unpaired) electrons. The van der Waals surface area contributed by atoms with E-state index in [2.05, 4.69) is 15.3 Å². The van der Waals surface area contributed by atoms with Crippen molar-refractivity contribution in [2.75, 3.05) is 18.2 Å². The predicted octanol–water partition coefficient (Wildman–Crippen LogP) is 4.23. The Morgan fingerprint density at radius 1 is 1.13 bits per heavy atom. The molecule has 0 fully saturated rings. The standard InChI is InChI=1S/C21H19N3O4S2/c1-12-18(20(29-3)24-19(22-12)16-9-6-10-30-16)21(27)28-11-17(26)23-15-8-5-4-7-14(15)13(2)25/h4-10H,11H2,1-3H3,(H,23,26). The third-order valence-corrected chi connectivity index (χ3v) is 5.66. The molecular formula is C21H19N3O4S2. The Labute approximate surface area is 181 Å². The van der Waals surface area contributed by atoms with E-state index >= 15 is 0 Å². The summed E-state index contributed by atoms with van der Waals surface area (Å²) in [7, 11) is 0. The summed E-state index contributed by atoms with van der Waals surface area (Å²) >= 11 is 2.82. The maximum Gasteiger partial charge on any atom is 0.343 e. The number of ketones is 1. The summed E-state index contributed by atoms with van der Waals surface area (Å²) < 4.78 is 5.19. The lowest BCUT2D eigenvalue weighted by molar-refractivity contribution is -0.119. The zero-order valence-corrected chi connectivity index (χ0v) is 18.2. The number of hydrogen-bond acceptors (Lipinski definition) is 8. The molecule has 1 N–H and O–H groups in total. The van der Waals surface area contributed by atoms with E-state index in [1.54, 1.807) is 31.2 Å². The van der Waals surface area contributed by atoms with E-state index in [1.807, 2.05) is 23.8 Å². The molecule has 154 valence electrons. The van der Waals surface area contributed by atoms with Crippen LogP contribution in [0.4, 0.5) is 5.69 Å². The van der Waals surface area contributed by atoms with E-state index in [0.29, 0.717) is 27.8 Å². The van der Waals surface area contributed by atoms with Crippen molar-refractivity contribution < 1.29 is 19.1 Å². The lowest BCUT2D eigenvalue weighted by Gasteiger charge is -2.12. The van der Waals surface area contributed by atoms with E-state index in [1.165, 1.54) is 30.0 Å². The fourth-order valence-electron chi connectivity index (χ4n) is 2.73. The highest BCUT2D eigenvalue weighted by atomic mass is 32.2. The van der Waals surface area contributed by atoms with Gasteiger partial charge in [0.1, 0.15) is 10.6 Å². The monoisotopic (exact) mass is 441 g/mol. The first kappa shape index (κ1) is 21.7. The van der Waals surface area contributed by atoms with Gasteiger partial charge in [-0.25, -0.2) is 14.8 Å². The Morgan fingerprint density at radius 2 is 1.90 bits per heavy atom. The molecule has 0 aliphatic carbocycles. The minimum atomic E-state index is -0.676. The fraction of sp³-hybridized carbons (Fsp3) is 0.190. The number of thiophene rings is 1. The first-order valence-electron chi connectivity index (χ1n) is 8.94. The molecule has 0 aliphatic heterocycles. The zero-order chi connectivity index (χ0) is 21.7. The molecule has 0 bridgehead atoms. The Morgan fingerprint density at radius 3 is 2.57 bits per heavy atom. The summed E-state index contributed by atoms with van der Waals surface area (Å²) in [6.07, 6.45) is 1.81. The third-order valence-electron chi connectivity index (χ3n) is 4.11. The number of carbonyl (C=O) groups excluding carboxylic acids is 3. The second-order valence-electron chi connectivity index (χ2n) is 6.22. The van der Waals surface area contributed by atoms with Gasteiger partial charge in [0.05, 0.1) is 16.3 Å². The Kier molecular flexibility index (Phi) is 6.96. The molecule has 7 nitrogen and oxygen atoms in total. The van der Waals surface area contributed by atoms with Crippen molar-refractivity contribution in [3.05, 3.63) is 58.6 Å². The number of benzene rings is 1. The Hall–Kier alpha value is -3.04. The average Bonchev–Trinajstić information content (AvgIpc) is 3.26. The van der Waals surface area contributed by atoms with E-state index < -0.39 is 18.5 Å². The lowest BCUT2D eigenvalue weighted by atomic mass is 10.1. The van der Waals surface area contributed by atoms with Gasteiger partial charge in [-0.15, -0.1) is 23.1 Å². The second-order valence-corrected chi connectivity index (χ2v) is 7.96. The number of ether oxygens (including phenoxy) is 1. The minimum absolute atomic E-state index is 0.175. The summed E-state index contributed by atoms with van der Waals surface area (Å²) in [5.74, 6) is -0.853. The number of rotatable bonds is 7. The van der Waals surface area contributed by atoms with Gasteiger partial charge >= 0.3 is 5.97 Å². The van der Waals surface area contributed by atoms with Gasteiger partial charge in [0.25, 0.3) is 5.91 Å². The molecule has 0 saturated heterocycles. The molecule has 1 aromatic carbocycles. The quantitative estimate of drug-likeness (QED) is 0.253. The number of thioether (sulfide) groups is 1. The van der Waals surface area contributed by atoms with Crippen molar-refractivity contribution in [2.45, 2.75) is 18.9 Å². The second kappa shape index (κ2) is 9.64. The van der Waals surface area contributed by atoms with Crippen LogP contribution < -0.4 is 5.32 Å². The maximum absolute atomic E-state index is 12.6. The number of nitrogens with one attached hydrogen (secondary N) is 1. The highest BCUT2D eigenvalue weighted by Gasteiger charge is 2.21. The number of Topliss-reactive ketones (excluding diaryl/α,β-unsaturated/α-hetero) is 1. The van der Waals surface area contributed by atoms with Crippen molar-refractivity contribution in [3.8, 4) is 10.7 Å². The van der Waals surface area contributed by atoms with Gasteiger partial charge in [-0.1, -0.05) is 18.2 Å². The van der Waals surface area contributed by atoms with E-state index in [-0.39, 0.29) is 11.3 Å². The number of aromatic nitrogens is 2. The van der Waals surface area contributed by atoms with Gasteiger partial charge in [-0.3, -0.25) is 9.59 Å². The summed E-state index contributed by atoms with van der Waals surface area (Å²) in [5, 5.41) is 5.01. The highest BCUT2D eigenvalue weighted by molar-refractivity contribution is 7.98. The largest absolute Gasteiger partial charge is 0.452 e. The number of anilines is 1. The van der Waals surface area contributed by atoms with Crippen molar-refractivity contribution in [2.24, 2.45) is 0 Å². The molecule has 1 amide bonds. The van der Waals surface area contributed by atoms with Gasteiger partial charge in [0, 0.05) is 5.56 Å². The third kappa shape index (κ3) is 4.92. The number of nitrogens with zero attached hydrogens (tertiary/aromatic N) is 2. The first-order valence-corrected chi connectivity index (χ1v) is 11.0. The predicted molar refractivity (Wildman–Crippen MR) is 117 cm³/mol. The van der Waals surface area contributed by atoms with Crippen molar-refractivity contribution >= 4 is 46.4 Å². The summed E-state index contributed by atoms with van der Waals surface area (Å²) in [5.41, 5.74) is 1.47. The molecule has 3 rings (SSSR count). The molecule has 0 spiro atoms. The number of aryl methyl sites for hydroxylation is 1. The minimum Gasteiger partial charge on any atom is -0.452 e. The van der Waals surface area contributed by atoms with Crippen LogP contribution in [0.15, 0.2) is 46.8 Å². The van der Waals surface area contributed by atoms with Gasteiger partial charge in [-0.2, -0.15) is 0 Å². The van der Waals surface area contributed by atoms with Gasteiger partial charge < -0.3 is 10.1 Å². The van der Waals surface area contributed by atoms with Crippen LogP contribution in [-0.2, 0) is 9.53 Å². The molecule has 2 heterocycles. The van der Waals surface area contributed by atoms with Crippen LogP contribution in [0, 0.1) is 6.92 Å². The van der Waals surface area contributed by atoms with E-state index in [9.17, 15) is 14.4 Å². The molecular weight excluding hydrogens is 422 g/mol. The first-order chi connectivity index (χ1) is 14.4. The number of amides is 1. The van der Waals surface area contributed by atoms with Crippen molar-refractivity contribution in [1.82, 2.24) is 9.97 Å². The fourth-order valence-corrected chi connectivity index (χ4v) is 4.00. The van der Waals surface area contributed by atoms with Crippen LogP contribution in [0.3, 0.4) is 0 Å². The SMILES string of the molecule is CSc1nc(-c2cccs2)nc(C)c1C(=O)OCC(=O)Nc1ccccc1C(C)=O. The smallest absolute Gasteiger partial charge is 0.343 e. The van der Waals surface area contributed by atoms with Crippen molar-refractivity contribution in [1.29, 1.82) is 0 Å². The van der Waals surface area contributed by atoms with Gasteiger partial charge in [0.15, 0.2) is 18.2 Å². The number of esters is 1. The van der Waals surface area contributed by atoms with Crippen LogP contribution >= 0.6 is 23.1 Å². The lowest BCUT2D eigenvalue weighted by Crippen LogP contribution is -2.23. The van der Waals surface area contributed by atoms with Crippen LogP contribution in [0.25, 0.3) is 10.7 Å². The maximum atomic E-state index is 12.6. The summed E-state index contributed by atoms with van der Waals surface area (Å²) in [6, 6.07) is 10.5. The Bertz CT molecular complexity index is 1100. The molecule has 30 heavy (non-hydrogen) atoms. The van der Waals surface area contributed by atoms with Gasteiger partial charge in [-0.05, 0) is 43.7 Å². The molecule has 2 aromatic heterocycles. The zero-order valence-electron chi connectivity index (χ0n) is 16.6. The van der Waals surface area contributed by atoms with E-state index in [4.69, 9.17) is 4.74 Å². The normalized spacial score (nSPS) is 10.5. The van der Waals surface area contributed by atoms with Crippen LogP contribution in [0.1, 0.15) is 33.3 Å². The molecule has 3 aromatic rings. The number of carbonyl (C=O) groups is 3. The highest BCUT2D eigenvalue weighted by Crippen LogP contribution is 2.27. The van der Waals surface area contributed by atoms with E-state index in [0.717, 1.165) is 4.88 Å². The summed E-state index contributed by atoms with van der Waals surface area (Å²) in [4.78, 5) is 46.3. The molecule has 0 saturated carbocycles. The number of hydrogen-bond donors (Lipinski definition) is 1. The Balaban J connectivity index is 1.72. The number of para-hydroxylation sites is 1. The van der Waals surface area contributed by atoms with Gasteiger partial charge in [0.2, 0.25) is 0 Å². The van der Waals surface area contributed by atoms with Crippen LogP contribution in [0.5, 0.6) is 0 Å². The van der Waals surface area contributed by atoms with Crippen LogP contribution in [0.2, 0.25) is 0 Å².